The summed E-state index contributed by atoms with van der Waals surface area (Å²) in [5.74, 6) is 0. The lowest BCUT2D eigenvalue weighted by atomic mass is 10.1. The first-order chi connectivity index (χ1) is 9.60. The molecule has 1 aromatic carbocycles. The highest BCUT2D eigenvalue weighted by atomic mass is 32.1. The maximum Gasteiger partial charge on any atom is 0.106 e. The van der Waals surface area contributed by atoms with Gasteiger partial charge >= 0.3 is 0 Å². The van der Waals surface area contributed by atoms with Gasteiger partial charge in [-0.1, -0.05) is 30.8 Å². The topological polar surface area (TPSA) is 50.5 Å². The van der Waals surface area contributed by atoms with Gasteiger partial charge in [0.2, 0.25) is 0 Å². The predicted molar refractivity (Wildman–Crippen MR) is 87.4 cm³/mol. The van der Waals surface area contributed by atoms with Gasteiger partial charge in [0.1, 0.15) is 4.99 Å². The van der Waals surface area contributed by atoms with E-state index in [9.17, 15) is 0 Å². The average Bonchev–Trinajstić information content (AvgIpc) is 2.46. The number of anilines is 1. The number of hydrogen-bond acceptors (Lipinski definition) is 4. The Kier molecular flexibility index (Phi) is 5.34. The number of hydrogen-bond donors (Lipinski definition) is 2. The van der Waals surface area contributed by atoms with Crippen molar-refractivity contribution in [1.29, 1.82) is 0 Å². The second-order valence-electron chi connectivity index (χ2n) is 5.18. The summed E-state index contributed by atoms with van der Waals surface area (Å²) in [4.78, 5) is 2.83. The Hall–Kier alpha value is -1.17. The van der Waals surface area contributed by atoms with E-state index < -0.39 is 0 Å². The summed E-state index contributed by atoms with van der Waals surface area (Å²) >= 11 is 5.12. The lowest BCUT2D eigenvalue weighted by Gasteiger charge is -2.32. The van der Waals surface area contributed by atoms with Crippen molar-refractivity contribution in [3.63, 3.8) is 0 Å². The van der Waals surface area contributed by atoms with Gasteiger partial charge in [0.25, 0.3) is 0 Å². The number of nitrogens with zero attached hydrogens (tertiary/aromatic N) is 1. The smallest absolute Gasteiger partial charge is 0.106 e. The maximum absolute atomic E-state index is 5.79. The van der Waals surface area contributed by atoms with Crippen molar-refractivity contribution in [3.05, 3.63) is 29.3 Å². The monoisotopic (exact) mass is 293 g/mol. The van der Waals surface area contributed by atoms with E-state index in [0.29, 0.717) is 4.99 Å². The number of nitrogens with two attached hydrogens (primary N) is 1. The highest BCUT2D eigenvalue weighted by Crippen LogP contribution is 2.18. The third-order valence-electron chi connectivity index (χ3n) is 3.63. The minimum absolute atomic E-state index is 0.212. The van der Waals surface area contributed by atoms with E-state index in [-0.39, 0.29) is 6.10 Å². The van der Waals surface area contributed by atoms with E-state index in [2.05, 4.69) is 23.2 Å². The van der Waals surface area contributed by atoms with E-state index >= 15 is 0 Å². The van der Waals surface area contributed by atoms with Gasteiger partial charge in [0.05, 0.1) is 12.7 Å². The molecule has 0 amide bonds. The molecule has 0 aliphatic carbocycles. The molecule has 0 aromatic heterocycles. The van der Waals surface area contributed by atoms with Crippen molar-refractivity contribution >= 4 is 22.9 Å². The second-order valence-corrected chi connectivity index (χ2v) is 5.62. The standard InChI is InChI=1S/C15H23N3OS/c1-3-18-6-7-19-12(10-18)9-17-14-5-4-11(2)8-13(14)15(16)20/h4-5,8,12,17H,3,6-7,9-10H2,1-2H3,(H2,16,20). The molecule has 1 saturated heterocycles. The molecule has 1 aliphatic rings. The molecule has 0 saturated carbocycles. The molecule has 1 heterocycles. The Morgan fingerprint density at radius 2 is 2.35 bits per heavy atom. The Bertz CT molecular complexity index is 478. The zero-order valence-electron chi connectivity index (χ0n) is 12.2. The molecule has 0 spiro atoms. The quantitative estimate of drug-likeness (QED) is 0.810. The molecule has 2 rings (SSSR count). The van der Waals surface area contributed by atoms with Crippen LogP contribution in [0.4, 0.5) is 5.69 Å². The van der Waals surface area contributed by atoms with Crippen LogP contribution in [0.1, 0.15) is 18.1 Å². The molecule has 5 heteroatoms. The number of nitrogens with one attached hydrogen (secondary N) is 1. The van der Waals surface area contributed by atoms with Gasteiger partial charge in [0, 0.05) is 30.9 Å². The summed E-state index contributed by atoms with van der Waals surface area (Å²) in [6.07, 6.45) is 0.212. The summed E-state index contributed by atoms with van der Waals surface area (Å²) in [6, 6.07) is 6.11. The second kappa shape index (κ2) is 7.02. The number of morpholine rings is 1. The van der Waals surface area contributed by atoms with Gasteiger partial charge in [0.15, 0.2) is 0 Å². The predicted octanol–water partition coefficient (Wildman–Crippen LogP) is 1.76. The molecule has 20 heavy (non-hydrogen) atoms. The molecule has 1 atom stereocenters. The molecule has 1 aromatic rings. The molecular weight excluding hydrogens is 270 g/mol. The van der Waals surface area contributed by atoms with E-state index in [1.54, 1.807) is 0 Å². The van der Waals surface area contributed by atoms with Crippen LogP contribution in [0.15, 0.2) is 18.2 Å². The van der Waals surface area contributed by atoms with Crippen molar-refractivity contribution in [3.8, 4) is 0 Å². The lowest BCUT2D eigenvalue weighted by Crippen LogP contribution is -2.45. The van der Waals surface area contributed by atoms with Crippen molar-refractivity contribution in [2.45, 2.75) is 20.0 Å². The minimum atomic E-state index is 0.212. The van der Waals surface area contributed by atoms with Gasteiger partial charge in [-0.15, -0.1) is 0 Å². The van der Waals surface area contributed by atoms with Gasteiger partial charge < -0.3 is 15.8 Å². The van der Waals surface area contributed by atoms with Crippen LogP contribution >= 0.6 is 12.2 Å². The summed E-state index contributed by atoms with van der Waals surface area (Å²) in [7, 11) is 0. The van der Waals surface area contributed by atoms with Crippen molar-refractivity contribution in [2.24, 2.45) is 5.73 Å². The Morgan fingerprint density at radius 1 is 1.55 bits per heavy atom. The van der Waals surface area contributed by atoms with Gasteiger partial charge in [-0.3, -0.25) is 4.90 Å². The van der Waals surface area contributed by atoms with Crippen molar-refractivity contribution in [1.82, 2.24) is 4.90 Å². The first-order valence-electron chi connectivity index (χ1n) is 7.08. The largest absolute Gasteiger partial charge is 0.389 e. The van der Waals surface area contributed by atoms with Crippen molar-refractivity contribution < 1.29 is 4.74 Å². The zero-order valence-corrected chi connectivity index (χ0v) is 13.0. The number of aryl methyl sites for hydroxylation is 1. The molecule has 3 N–H and O–H groups in total. The lowest BCUT2D eigenvalue weighted by molar-refractivity contribution is -0.0191. The van der Waals surface area contributed by atoms with Gasteiger partial charge in [-0.05, 0) is 25.6 Å². The first kappa shape index (κ1) is 15.2. The van der Waals surface area contributed by atoms with Crippen LogP contribution in [0.2, 0.25) is 0 Å². The molecule has 0 bridgehead atoms. The zero-order chi connectivity index (χ0) is 14.5. The molecule has 1 fully saturated rings. The minimum Gasteiger partial charge on any atom is -0.389 e. The van der Waals surface area contributed by atoms with E-state index in [0.717, 1.165) is 49.6 Å². The number of thiocarbonyl (C=S) groups is 1. The number of likely N-dealkylation sites (N-methyl/N-ethyl adjacent to an activating group) is 1. The van der Waals surface area contributed by atoms with E-state index in [1.807, 2.05) is 19.1 Å². The normalized spacial score (nSPS) is 19.8. The molecular formula is C15H23N3OS. The SMILES string of the molecule is CCN1CCOC(CNc2ccc(C)cc2C(N)=S)C1. The first-order valence-corrected chi connectivity index (χ1v) is 7.49. The third-order valence-corrected chi connectivity index (χ3v) is 3.85. The van der Waals surface area contributed by atoms with Crippen LogP contribution in [-0.4, -0.2) is 48.8 Å². The highest BCUT2D eigenvalue weighted by molar-refractivity contribution is 7.80. The van der Waals surface area contributed by atoms with Crippen LogP contribution in [-0.2, 0) is 4.74 Å². The van der Waals surface area contributed by atoms with Crippen LogP contribution in [0.3, 0.4) is 0 Å². The van der Waals surface area contributed by atoms with Crippen LogP contribution < -0.4 is 11.1 Å². The van der Waals surface area contributed by atoms with E-state index in [1.165, 1.54) is 0 Å². The highest BCUT2D eigenvalue weighted by Gasteiger charge is 2.19. The van der Waals surface area contributed by atoms with Crippen molar-refractivity contribution in [2.75, 3.05) is 38.1 Å². The number of rotatable bonds is 5. The van der Waals surface area contributed by atoms with E-state index in [4.69, 9.17) is 22.7 Å². The molecule has 1 aliphatic heterocycles. The summed E-state index contributed by atoms with van der Waals surface area (Å²) in [5.41, 5.74) is 8.84. The molecule has 4 nitrogen and oxygen atoms in total. The Balaban J connectivity index is 1.98. The van der Waals surface area contributed by atoms with Crippen LogP contribution in [0.5, 0.6) is 0 Å². The van der Waals surface area contributed by atoms with Gasteiger partial charge in [-0.25, -0.2) is 0 Å². The molecule has 1 unspecified atom stereocenters. The summed E-state index contributed by atoms with van der Waals surface area (Å²) < 4.78 is 5.79. The van der Waals surface area contributed by atoms with Crippen LogP contribution in [0.25, 0.3) is 0 Å². The fourth-order valence-corrected chi connectivity index (χ4v) is 2.60. The fraction of sp³-hybridized carbons (Fsp3) is 0.533. The third kappa shape index (κ3) is 3.91. The molecule has 0 radical (unpaired) electrons. The average molecular weight is 293 g/mol. The Labute approximate surface area is 126 Å². The molecule has 110 valence electrons. The van der Waals surface area contributed by atoms with Crippen LogP contribution in [0, 0.1) is 6.92 Å². The Morgan fingerprint density at radius 3 is 3.05 bits per heavy atom. The van der Waals surface area contributed by atoms with Gasteiger partial charge in [-0.2, -0.15) is 0 Å². The fourth-order valence-electron chi connectivity index (χ4n) is 2.43. The maximum atomic E-state index is 5.79. The summed E-state index contributed by atoms with van der Waals surface area (Å²) in [6.45, 7) is 8.86. The number of benzene rings is 1. The number of ether oxygens (including phenoxy) is 1. The summed E-state index contributed by atoms with van der Waals surface area (Å²) in [5, 5.41) is 3.42.